The summed E-state index contributed by atoms with van der Waals surface area (Å²) < 4.78 is 9.68. The number of ether oxygens (including phenoxy) is 1. The summed E-state index contributed by atoms with van der Waals surface area (Å²) in [5, 5.41) is 1.80. The van der Waals surface area contributed by atoms with Crippen molar-refractivity contribution in [1.29, 1.82) is 0 Å². The molecule has 1 atom stereocenters. The van der Waals surface area contributed by atoms with Crippen LogP contribution in [0.1, 0.15) is 12.7 Å². The topological polar surface area (TPSA) is 112 Å². The molecule has 0 radical (unpaired) electrons. The fraction of sp³-hybridized carbons (Fsp3) is 0.182. The second-order valence-corrected chi connectivity index (χ2v) is 3.28. The molecule has 0 aliphatic heterocycles. The van der Waals surface area contributed by atoms with Crippen molar-refractivity contribution in [3.63, 3.8) is 0 Å². The summed E-state index contributed by atoms with van der Waals surface area (Å²) in [6, 6.07) is 2.30. The minimum atomic E-state index is -1.12. The summed E-state index contributed by atoms with van der Waals surface area (Å²) in [6.07, 6.45) is 2.83. The summed E-state index contributed by atoms with van der Waals surface area (Å²) in [7, 11) is 0. The van der Waals surface area contributed by atoms with Gasteiger partial charge in [0.2, 0.25) is 0 Å². The van der Waals surface area contributed by atoms with E-state index >= 15 is 0 Å². The number of nitrogens with one attached hydrogen (secondary N) is 1. The third-order valence-electron chi connectivity index (χ3n) is 1.84. The average molecular weight is 252 g/mol. The Morgan fingerprint density at radius 3 is 2.78 bits per heavy atom. The molecule has 1 heterocycles. The lowest BCUT2D eigenvalue weighted by Gasteiger charge is -2.09. The number of urea groups is 1. The number of rotatable bonds is 4. The molecule has 0 saturated carbocycles. The van der Waals surface area contributed by atoms with E-state index < -0.39 is 24.0 Å². The van der Waals surface area contributed by atoms with E-state index in [0.29, 0.717) is 5.76 Å². The highest BCUT2D eigenvalue weighted by Crippen LogP contribution is 2.03. The van der Waals surface area contributed by atoms with E-state index in [0.717, 1.165) is 6.08 Å². The number of carbonyl (C=O) groups is 3. The minimum Gasteiger partial charge on any atom is -0.465 e. The lowest BCUT2D eigenvalue weighted by atomic mass is 10.3. The molecule has 1 aromatic heterocycles. The Morgan fingerprint density at radius 2 is 2.22 bits per heavy atom. The van der Waals surface area contributed by atoms with Crippen LogP contribution in [-0.2, 0) is 14.3 Å². The quantitative estimate of drug-likeness (QED) is 0.595. The van der Waals surface area contributed by atoms with Crippen molar-refractivity contribution < 1.29 is 23.5 Å². The van der Waals surface area contributed by atoms with Crippen molar-refractivity contribution >= 4 is 24.0 Å². The molecule has 0 fully saturated rings. The number of amides is 3. The van der Waals surface area contributed by atoms with Gasteiger partial charge in [0.05, 0.1) is 6.26 Å². The van der Waals surface area contributed by atoms with Crippen molar-refractivity contribution in [3.8, 4) is 0 Å². The van der Waals surface area contributed by atoms with Gasteiger partial charge in [0.15, 0.2) is 6.10 Å². The van der Waals surface area contributed by atoms with E-state index in [1.54, 1.807) is 17.4 Å². The Hall–Kier alpha value is -2.57. The first-order chi connectivity index (χ1) is 8.49. The van der Waals surface area contributed by atoms with Crippen LogP contribution in [0, 0.1) is 0 Å². The first-order valence-corrected chi connectivity index (χ1v) is 5.01. The van der Waals surface area contributed by atoms with Gasteiger partial charge in [-0.25, -0.2) is 9.59 Å². The van der Waals surface area contributed by atoms with Gasteiger partial charge in [-0.05, 0) is 25.1 Å². The molecule has 7 heteroatoms. The molecule has 1 aromatic rings. The smallest absolute Gasteiger partial charge is 0.331 e. The fourth-order valence-electron chi connectivity index (χ4n) is 1.03. The number of primary amides is 1. The zero-order valence-electron chi connectivity index (χ0n) is 9.58. The maximum absolute atomic E-state index is 11.3. The van der Waals surface area contributed by atoms with Gasteiger partial charge in [-0.3, -0.25) is 10.1 Å². The highest BCUT2D eigenvalue weighted by molar-refractivity contribution is 5.97. The Morgan fingerprint density at radius 1 is 1.50 bits per heavy atom. The zero-order valence-corrected chi connectivity index (χ0v) is 9.58. The van der Waals surface area contributed by atoms with Crippen LogP contribution in [0.25, 0.3) is 6.08 Å². The summed E-state index contributed by atoms with van der Waals surface area (Å²) in [4.78, 5) is 32.9. The van der Waals surface area contributed by atoms with Crippen molar-refractivity contribution in [2.24, 2.45) is 5.73 Å². The maximum atomic E-state index is 11.3. The summed E-state index contributed by atoms with van der Waals surface area (Å²) >= 11 is 0. The molecule has 3 N–H and O–H groups in total. The van der Waals surface area contributed by atoms with E-state index in [9.17, 15) is 14.4 Å². The number of esters is 1. The monoisotopic (exact) mass is 252 g/mol. The molecule has 7 nitrogen and oxygen atoms in total. The van der Waals surface area contributed by atoms with Gasteiger partial charge in [-0.15, -0.1) is 0 Å². The Labute approximate surface area is 103 Å². The molecule has 0 aliphatic carbocycles. The molecule has 0 aromatic carbocycles. The van der Waals surface area contributed by atoms with E-state index in [1.807, 2.05) is 0 Å². The molecule has 3 amide bonds. The summed E-state index contributed by atoms with van der Waals surface area (Å²) in [5.41, 5.74) is 4.75. The van der Waals surface area contributed by atoms with Crippen LogP contribution in [0.15, 0.2) is 28.9 Å². The molecule has 0 spiro atoms. The summed E-state index contributed by atoms with van der Waals surface area (Å²) in [5.74, 6) is -1.05. The van der Waals surface area contributed by atoms with E-state index in [2.05, 4.69) is 0 Å². The van der Waals surface area contributed by atoms with Crippen molar-refractivity contribution in [1.82, 2.24) is 5.32 Å². The fourth-order valence-corrected chi connectivity index (χ4v) is 1.03. The van der Waals surface area contributed by atoms with E-state index in [-0.39, 0.29) is 0 Å². The highest BCUT2D eigenvalue weighted by atomic mass is 16.5. The molecule has 96 valence electrons. The number of hydrogen-bond acceptors (Lipinski definition) is 5. The van der Waals surface area contributed by atoms with Gasteiger partial charge in [0.1, 0.15) is 5.76 Å². The van der Waals surface area contributed by atoms with Crippen molar-refractivity contribution in [3.05, 3.63) is 30.2 Å². The Kier molecular flexibility index (Phi) is 4.67. The van der Waals surface area contributed by atoms with Crippen LogP contribution in [0.3, 0.4) is 0 Å². The molecule has 18 heavy (non-hydrogen) atoms. The number of furan rings is 1. The standard InChI is InChI=1S/C11H12N2O5/c1-7(10(15)13-11(12)16)18-9(14)5-4-8-3-2-6-17-8/h2-7H,1H3,(H3,12,13,15,16)/b5-4+/t7-/m1/s1. The van der Waals surface area contributed by atoms with E-state index in [4.69, 9.17) is 14.9 Å². The van der Waals surface area contributed by atoms with Crippen LogP contribution < -0.4 is 11.1 Å². The van der Waals surface area contributed by atoms with Crippen LogP contribution in [-0.4, -0.2) is 24.0 Å². The predicted molar refractivity (Wildman–Crippen MR) is 61.0 cm³/mol. The molecule has 0 bridgehead atoms. The SMILES string of the molecule is C[C@@H](OC(=O)/C=C/c1ccco1)C(=O)NC(N)=O. The first kappa shape index (κ1) is 13.5. The van der Waals surface area contributed by atoms with Crippen LogP contribution in [0.2, 0.25) is 0 Å². The number of imide groups is 1. The van der Waals surface area contributed by atoms with Gasteiger partial charge < -0.3 is 14.9 Å². The van der Waals surface area contributed by atoms with Crippen LogP contribution in [0.4, 0.5) is 4.79 Å². The van der Waals surface area contributed by atoms with Gasteiger partial charge >= 0.3 is 12.0 Å². The van der Waals surface area contributed by atoms with Gasteiger partial charge in [0, 0.05) is 6.08 Å². The third-order valence-corrected chi connectivity index (χ3v) is 1.84. The molecule has 0 unspecified atom stereocenters. The summed E-state index contributed by atoms with van der Waals surface area (Å²) in [6.45, 7) is 1.32. The zero-order chi connectivity index (χ0) is 13.5. The maximum Gasteiger partial charge on any atom is 0.331 e. The molecule has 0 saturated heterocycles. The van der Waals surface area contributed by atoms with Gasteiger partial charge in [-0.1, -0.05) is 0 Å². The predicted octanol–water partition coefficient (Wildman–Crippen LogP) is 0.419. The van der Waals surface area contributed by atoms with Crippen molar-refractivity contribution in [2.75, 3.05) is 0 Å². The third kappa shape index (κ3) is 4.52. The van der Waals surface area contributed by atoms with E-state index in [1.165, 1.54) is 19.3 Å². The molecular weight excluding hydrogens is 240 g/mol. The van der Waals surface area contributed by atoms with Crippen molar-refractivity contribution in [2.45, 2.75) is 13.0 Å². The van der Waals surface area contributed by atoms with Gasteiger partial charge in [0.25, 0.3) is 5.91 Å². The Bertz CT molecular complexity index is 464. The van der Waals surface area contributed by atoms with Gasteiger partial charge in [-0.2, -0.15) is 0 Å². The Balaban J connectivity index is 2.44. The highest BCUT2D eigenvalue weighted by Gasteiger charge is 2.17. The molecule has 1 rings (SSSR count). The lowest BCUT2D eigenvalue weighted by molar-refractivity contribution is -0.149. The lowest BCUT2D eigenvalue weighted by Crippen LogP contribution is -2.42. The average Bonchev–Trinajstić information content (AvgIpc) is 2.78. The molecule has 0 aliphatic rings. The largest absolute Gasteiger partial charge is 0.465 e. The minimum absolute atomic E-state index is 0.473. The first-order valence-electron chi connectivity index (χ1n) is 5.01. The number of nitrogens with two attached hydrogens (primary N) is 1. The second kappa shape index (κ2) is 6.24. The normalized spacial score (nSPS) is 12.1. The van der Waals surface area contributed by atoms with Crippen LogP contribution >= 0.6 is 0 Å². The second-order valence-electron chi connectivity index (χ2n) is 3.28. The van der Waals surface area contributed by atoms with Crippen LogP contribution in [0.5, 0.6) is 0 Å². The number of carbonyl (C=O) groups excluding carboxylic acids is 3. The molecular formula is C11H12N2O5. The number of hydrogen-bond donors (Lipinski definition) is 2.